The summed E-state index contributed by atoms with van der Waals surface area (Å²) in [7, 11) is 0. The predicted octanol–water partition coefficient (Wildman–Crippen LogP) is 3.08. The van der Waals surface area contributed by atoms with Gasteiger partial charge in [-0.15, -0.1) is 0 Å². The number of hydrogen-bond acceptors (Lipinski definition) is 2. The highest BCUT2D eigenvalue weighted by molar-refractivity contribution is 5.94. The third kappa shape index (κ3) is 4.49. The molecule has 0 aromatic heterocycles. The van der Waals surface area contributed by atoms with Gasteiger partial charge in [-0.3, -0.25) is 9.59 Å². The SMILES string of the molecule is CCCNC(=O)C1CCN(C(=O)c2ccc(C(F)(F)F)cc2)CC1. The Balaban J connectivity index is 1.92. The standard InChI is InChI=1S/C17H21F3N2O2/c1-2-9-21-15(23)12-7-10-22(11-8-12)16(24)13-3-5-14(6-4-13)17(18,19)20/h3-6,12H,2,7-11H2,1H3,(H,21,23). The summed E-state index contributed by atoms with van der Waals surface area (Å²) in [5.41, 5.74) is -0.540. The van der Waals surface area contributed by atoms with Crippen molar-refractivity contribution in [2.24, 2.45) is 5.92 Å². The molecule has 0 radical (unpaired) electrons. The second-order valence-corrected chi connectivity index (χ2v) is 5.93. The second kappa shape index (κ2) is 7.68. The molecular weight excluding hydrogens is 321 g/mol. The first kappa shape index (κ1) is 18.3. The average Bonchev–Trinajstić information content (AvgIpc) is 2.58. The van der Waals surface area contributed by atoms with Crippen molar-refractivity contribution in [1.82, 2.24) is 10.2 Å². The fourth-order valence-corrected chi connectivity index (χ4v) is 2.72. The molecule has 1 aliphatic rings. The Morgan fingerprint density at radius 1 is 1.17 bits per heavy atom. The first-order valence-corrected chi connectivity index (χ1v) is 8.07. The maximum atomic E-state index is 12.5. The molecule has 0 spiro atoms. The van der Waals surface area contributed by atoms with Crippen molar-refractivity contribution < 1.29 is 22.8 Å². The lowest BCUT2D eigenvalue weighted by atomic mass is 9.95. The monoisotopic (exact) mass is 342 g/mol. The van der Waals surface area contributed by atoms with Gasteiger partial charge in [0, 0.05) is 31.1 Å². The molecule has 132 valence electrons. The molecule has 0 atom stereocenters. The normalized spacial score (nSPS) is 16.1. The minimum absolute atomic E-state index is 0.0125. The summed E-state index contributed by atoms with van der Waals surface area (Å²) in [5, 5.41) is 2.85. The van der Waals surface area contributed by atoms with E-state index in [1.54, 1.807) is 4.90 Å². The van der Waals surface area contributed by atoms with E-state index in [9.17, 15) is 22.8 Å². The summed E-state index contributed by atoms with van der Waals surface area (Å²) < 4.78 is 37.6. The van der Waals surface area contributed by atoms with E-state index in [1.165, 1.54) is 12.1 Å². The molecule has 1 aromatic rings. The number of halogens is 3. The van der Waals surface area contributed by atoms with Crippen molar-refractivity contribution in [1.29, 1.82) is 0 Å². The summed E-state index contributed by atoms with van der Waals surface area (Å²) in [4.78, 5) is 25.9. The minimum Gasteiger partial charge on any atom is -0.356 e. The molecule has 1 saturated heterocycles. The summed E-state index contributed by atoms with van der Waals surface area (Å²) in [6, 6.07) is 4.23. The molecule has 1 aliphatic heterocycles. The number of nitrogens with one attached hydrogen (secondary N) is 1. The second-order valence-electron chi connectivity index (χ2n) is 5.93. The molecule has 0 unspecified atom stereocenters. The van der Waals surface area contributed by atoms with Gasteiger partial charge in [0.1, 0.15) is 0 Å². The highest BCUT2D eigenvalue weighted by Gasteiger charge is 2.31. The van der Waals surface area contributed by atoms with Gasteiger partial charge in [0.05, 0.1) is 5.56 Å². The van der Waals surface area contributed by atoms with Crippen molar-refractivity contribution in [3.63, 3.8) is 0 Å². The quantitative estimate of drug-likeness (QED) is 0.914. The van der Waals surface area contributed by atoms with E-state index in [2.05, 4.69) is 5.32 Å². The summed E-state index contributed by atoms with van der Waals surface area (Å²) in [6.45, 7) is 3.49. The molecule has 0 aliphatic carbocycles. The van der Waals surface area contributed by atoms with Crippen LogP contribution in [0.5, 0.6) is 0 Å². The lowest BCUT2D eigenvalue weighted by Crippen LogP contribution is -2.43. The molecule has 1 fully saturated rings. The molecule has 1 N–H and O–H groups in total. The lowest BCUT2D eigenvalue weighted by Gasteiger charge is -2.31. The van der Waals surface area contributed by atoms with Gasteiger partial charge in [-0.25, -0.2) is 0 Å². The van der Waals surface area contributed by atoms with E-state index in [-0.39, 0.29) is 23.3 Å². The van der Waals surface area contributed by atoms with E-state index >= 15 is 0 Å². The van der Waals surface area contributed by atoms with Crippen LogP contribution in [-0.2, 0) is 11.0 Å². The van der Waals surface area contributed by atoms with Crippen LogP contribution >= 0.6 is 0 Å². The Hall–Kier alpha value is -2.05. The third-order valence-corrected chi connectivity index (χ3v) is 4.16. The van der Waals surface area contributed by atoms with Crippen LogP contribution in [0.25, 0.3) is 0 Å². The Labute approximate surface area is 139 Å². The Kier molecular flexibility index (Phi) is 5.85. The van der Waals surface area contributed by atoms with Gasteiger partial charge in [-0.05, 0) is 43.5 Å². The number of carbonyl (C=O) groups excluding carboxylic acids is 2. The van der Waals surface area contributed by atoms with E-state index in [1.807, 2.05) is 6.92 Å². The molecule has 4 nitrogen and oxygen atoms in total. The van der Waals surface area contributed by atoms with E-state index in [4.69, 9.17) is 0 Å². The van der Waals surface area contributed by atoms with Crippen molar-refractivity contribution >= 4 is 11.8 Å². The minimum atomic E-state index is -4.41. The van der Waals surface area contributed by atoms with Crippen LogP contribution in [0.3, 0.4) is 0 Å². The van der Waals surface area contributed by atoms with Crippen molar-refractivity contribution in [3.8, 4) is 0 Å². The third-order valence-electron chi connectivity index (χ3n) is 4.16. The maximum Gasteiger partial charge on any atom is 0.416 e. The van der Waals surface area contributed by atoms with Gasteiger partial charge in [0.2, 0.25) is 5.91 Å². The molecule has 1 aromatic carbocycles. The van der Waals surface area contributed by atoms with Crippen LogP contribution < -0.4 is 5.32 Å². The molecule has 2 amide bonds. The van der Waals surface area contributed by atoms with Crippen LogP contribution in [0, 0.1) is 5.92 Å². The van der Waals surface area contributed by atoms with E-state index < -0.39 is 11.7 Å². The molecular formula is C17H21F3N2O2. The van der Waals surface area contributed by atoms with Crippen LogP contribution in [0.4, 0.5) is 13.2 Å². The van der Waals surface area contributed by atoms with Gasteiger partial charge in [0.25, 0.3) is 5.91 Å². The van der Waals surface area contributed by atoms with Crippen LogP contribution in [0.1, 0.15) is 42.1 Å². The Morgan fingerprint density at radius 3 is 2.25 bits per heavy atom. The fourth-order valence-electron chi connectivity index (χ4n) is 2.72. The molecule has 0 saturated carbocycles. The molecule has 1 heterocycles. The van der Waals surface area contributed by atoms with Gasteiger partial charge in [0.15, 0.2) is 0 Å². The molecule has 0 bridgehead atoms. The van der Waals surface area contributed by atoms with E-state index in [0.29, 0.717) is 32.5 Å². The topological polar surface area (TPSA) is 49.4 Å². The maximum absolute atomic E-state index is 12.5. The number of carbonyl (C=O) groups is 2. The highest BCUT2D eigenvalue weighted by atomic mass is 19.4. The largest absolute Gasteiger partial charge is 0.416 e. The van der Waals surface area contributed by atoms with Crippen LogP contribution in [0.2, 0.25) is 0 Å². The zero-order valence-electron chi connectivity index (χ0n) is 13.5. The zero-order valence-corrected chi connectivity index (χ0v) is 13.5. The number of piperidine rings is 1. The van der Waals surface area contributed by atoms with Crippen molar-refractivity contribution in [3.05, 3.63) is 35.4 Å². The predicted molar refractivity (Wildman–Crippen MR) is 83.4 cm³/mol. The number of hydrogen-bond donors (Lipinski definition) is 1. The summed E-state index contributed by atoms with van der Waals surface area (Å²) >= 11 is 0. The summed E-state index contributed by atoms with van der Waals surface area (Å²) in [6.07, 6.45) is -2.40. The van der Waals surface area contributed by atoms with Crippen molar-refractivity contribution in [2.45, 2.75) is 32.4 Å². The smallest absolute Gasteiger partial charge is 0.356 e. The highest BCUT2D eigenvalue weighted by Crippen LogP contribution is 2.29. The van der Waals surface area contributed by atoms with Gasteiger partial charge >= 0.3 is 6.18 Å². The number of rotatable bonds is 4. The fraction of sp³-hybridized carbons (Fsp3) is 0.529. The molecule has 2 rings (SSSR count). The summed E-state index contributed by atoms with van der Waals surface area (Å²) in [5.74, 6) is -0.386. The van der Waals surface area contributed by atoms with E-state index in [0.717, 1.165) is 18.6 Å². The Morgan fingerprint density at radius 2 is 1.75 bits per heavy atom. The number of likely N-dealkylation sites (tertiary alicyclic amines) is 1. The van der Waals surface area contributed by atoms with Gasteiger partial charge in [-0.2, -0.15) is 13.2 Å². The van der Waals surface area contributed by atoms with Crippen LogP contribution in [0.15, 0.2) is 24.3 Å². The number of benzene rings is 1. The number of nitrogens with zero attached hydrogens (tertiary/aromatic N) is 1. The zero-order chi connectivity index (χ0) is 17.7. The van der Waals surface area contributed by atoms with Gasteiger partial charge in [-0.1, -0.05) is 6.92 Å². The van der Waals surface area contributed by atoms with Crippen molar-refractivity contribution in [2.75, 3.05) is 19.6 Å². The van der Waals surface area contributed by atoms with Gasteiger partial charge < -0.3 is 10.2 Å². The average molecular weight is 342 g/mol. The number of alkyl halides is 3. The lowest BCUT2D eigenvalue weighted by molar-refractivity contribution is -0.137. The Bertz CT molecular complexity index is 576. The molecule has 7 heteroatoms. The van der Waals surface area contributed by atoms with Crippen LogP contribution in [-0.4, -0.2) is 36.3 Å². The first-order chi connectivity index (χ1) is 11.3. The first-order valence-electron chi connectivity index (χ1n) is 8.07. The number of amides is 2. The molecule has 24 heavy (non-hydrogen) atoms.